The number of carbonyl (C=O) groups is 1. The molecule has 2 aliphatic rings. The maximum atomic E-state index is 11.6. The van der Waals surface area contributed by atoms with E-state index in [0.29, 0.717) is 12.3 Å². The number of guanidine groups is 1. The number of piperazine rings is 1. The van der Waals surface area contributed by atoms with E-state index in [4.69, 9.17) is 0 Å². The van der Waals surface area contributed by atoms with Crippen LogP contribution in [0.2, 0.25) is 0 Å². The van der Waals surface area contributed by atoms with Gasteiger partial charge in [0.25, 0.3) is 0 Å². The lowest BCUT2D eigenvalue weighted by Crippen LogP contribution is -2.51. The number of nitrogens with zero attached hydrogens (tertiary/aromatic N) is 6. The minimum Gasteiger partial charge on any atom is -0.359 e. The van der Waals surface area contributed by atoms with Crippen molar-refractivity contribution in [1.29, 1.82) is 0 Å². The van der Waals surface area contributed by atoms with Crippen molar-refractivity contribution in [3.63, 3.8) is 0 Å². The lowest BCUT2D eigenvalue weighted by molar-refractivity contribution is -0.121. The largest absolute Gasteiger partial charge is 0.359 e. The van der Waals surface area contributed by atoms with Gasteiger partial charge >= 0.3 is 0 Å². The lowest BCUT2D eigenvalue weighted by Gasteiger charge is -2.36. The first-order chi connectivity index (χ1) is 14.2. The van der Waals surface area contributed by atoms with E-state index in [1.165, 1.54) is 0 Å². The molecule has 0 radical (unpaired) electrons. The van der Waals surface area contributed by atoms with Crippen molar-refractivity contribution in [2.24, 2.45) is 10.9 Å². The van der Waals surface area contributed by atoms with Crippen molar-refractivity contribution in [3.05, 3.63) is 18.5 Å². The molecule has 1 amide bonds. The van der Waals surface area contributed by atoms with Crippen LogP contribution >= 0.6 is 24.0 Å². The Morgan fingerprint density at radius 2 is 1.80 bits per heavy atom. The summed E-state index contributed by atoms with van der Waals surface area (Å²) in [6.07, 6.45) is 6.31. The lowest BCUT2D eigenvalue weighted by atomic mass is 9.93. The van der Waals surface area contributed by atoms with Crippen molar-refractivity contribution in [1.82, 2.24) is 30.4 Å². The van der Waals surface area contributed by atoms with Crippen LogP contribution in [0.25, 0.3) is 0 Å². The number of likely N-dealkylation sites (tertiary alicyclic amines) is 1. The van der Waals surface area contributed by atoms with Crippen LogP contribution in [0, 0.1) is 5.92 Å². The van der Waals surface area contributed by atoms with Gasteiger partial charge in [0.1, 0.15) is 0 Å². The highest BCUT2D eigenvalue weighted by Crippen LogP contribution is 2.20. The van der Waals surface area contributed by atoms with Gasteiger partial charge < -0.3 is 20.4 Å². The molecule has 0 unspecified atom stereocenters. The monoisotopic (exact) mass is 530 g/mol. The van der Waals surface area contributed by atoms with Crippen LogP contribution in [-0.2, 0) is 4.79 Å². The number of rotatable bonds is 6. The van der Waals surface area contributed by atoms with Crippen molar-refractivity contribution in [2.75, 3.05) is 71.4 Å². The molecule has 0 aliphatic carbocycles. The summed E-state index contributed by atoms with van der Waals surface area (Å²) in [5.41, 5.74) is 0. The average Bonchev–Trinajstić information content (AvgIpc) is 2.78. The predicted molar refractivity (Wildman–Crippen MR) is 130 cm³/mol. The van der Waals surface area contributed by atoms with E-state index in [2.05, 4.69) is 40.3 Å². The van der Waals surface area contributed by atoms with Crippen LogP contribution < -0.4 is 15.5 Å². The van der Waals surface area contributed by atoms with Gasteiger partial charge in [0.2, 0.25) is 11.9 Å². The van der Waals surface area contributed by atoms with Crippen molar-refractivity contribution in [3.8, 4) is 0 Å². The Balaban J connectivity index is 0.00000320. The molecule has 0 bridgehead atoms. The third-order valence-corrected chi connectivity index (χ3v) is 5.80. The number of carbonyl (C=O) groups excluding carboxylic acids is 1. The fraction of sp³-hybridized carbons (Fsp3) is 0.700. The van der Waals surface area contributed by atoms with Gasteiger partial charge in [-0.2, -0.15) is 0 Å². The first-order valence-corrected chi connectivity index (χ1v) is 10.6. The molecule has 3 rings (SSSR count). The number of halogens is 1. The molecular formula is C20H35IN8O. The number of aromatic nitrogens is 2. The molecule has 2 saturated heterocycles. The Labute approximate surface area is 196 Å². The van der Waals surface area contributed by atoms with Crippen molar-refractivity contribution >= 4 is 41.8 Å². The summed E-state index contributed by atoms with van der Waals surface area (Å²) in [5.74, 6) is 2.42. The van der Waals surface area contributed by atoms with Crippen LogP contribution in [0.15, 0.2) is 23.5 Å². The molecule has 30 heavy (non-hydrogen) atoms. The third kappa shape index (κ3) is 7.22. The summed E-state index contributed by atoms with van der Waals surface area (Å²) in [4.78, 5) is 31.7. The van der Waals surface area contributed by atoms with Gasteiger partial charge in [0, 0.05) is 85.3 Å². The summed E-state index contributed by atoms with van der Waals surface area (Å²) < 4.78 is 0. The molecule has 0 saturated carbocycles. The molecule has 2 fully saturated rings. The van der Waals surface area contributed by atoms with Gasteiger partial charge in [-0.15, -0.1) is 24.0 Å². The van der Waals surface area contributed by atoms with Gasteiger partial charge in [-0.25, -0.2) is 9.97 Å². The number of amides is 1. The molecule has 10 heteroatoms. The predicted octanol–water partition coefficient (Wildman–Crippen LogP) is 0.640. The Kier molecular flexibility index (Phi) is 10.6. The maximum Gasteiger partial charge on any atom is 0.225 e. The average molecular weight is 530 g/mol. The molecule has 2 N–H and O–H groups in total. The first kappa shape index (κ1) is 24.6. The molecular weight excluding hydrogens is 495 g/mol. The number of nitrogens with one attached hydrogen (secondary N) is 2. The summed E-state index contributed by atoms with van der Waals surface area (Å²) in [5, 5.41) is 6.24. The van der Waals surface area contributed by atoms with Crippen LogP contribution in [0.5, 0.6) is 0 Å². The fourth-order valence-electron chi connectivity index (χ4n) is 4.00. The number of aliphatic imine (C=N–C) groups is 1. The molecule has 0 aromatic carbocycles. The molecule has 0 atom stereocenters. The first-order valence-electron chi connectivity index (χ1n) is 10.6. The molecule has 1 aromatic rings. The van der Waals surface area contributed by atoms with E-state index in [9.17, 15) is 4.79 Å². The van der Waals surface area contributed by atoms with E-state index in [0.717, 1.165) is 77.1 Å². The van der Waals surface area contributed by atoms with Gasteiger partial charge in [-0.05, 0) is 24.8 Å². The summed E-state index contributed by atoms with van der Waals surface area (Å²) in [7, 11) is 3.55. The Bertz CT molecular complexity index is 658. The Hall–Kier alpha value is -1.69. The van der Waals surface area contributed by atoms with E-state index in [1.54, 1.807) is 19.4 Å². The van der Waals surface area contributed by atoms with Gasteiger partial charge in [-0.1, -0.05) is 0 Å². The van der Waals surface area contributed by atoms with Crippen molar-refractivity contribution < 1.29 is 4.79 Å². The third-order valence-electron chi connectivity index (χ3n) is 5.80. The van der Waals surface area contributed by atoms with Crippen LogP contribution in [-0.4, -0.2) is 98.1 Å². The smallest absolute Gasteiger partial charge is 0.225 e. The van der Waals surface area contributed by atoms with Crippen LogP contribution in [0.1, 0.15) is 19.3 Å². The second-order valence-electron chi connectivity index (χ2n) is 7.66. The van der Waals surface area contributed by atoms with E-state index in [1.807, 2.05) is 13.1 Å². The summed E-state index contributed by atoms with van der Waals surface area (Å²) in [6, 6.07) is 1.85. The highest BCUT2D eigenvalue weighted by Gasteiger charge is 2.23. The molecule has 9 nitrogen and oxygen atoms in total. The normalized spacial score (nSPS) is 18.7. The quantitative estimate of drug-likeness (QED) is 0.317. The Morgan fingerprint density at radius 1 is 1.13 bits per heavy atom. The highest BCUT2D eigenvalue weighted by molar-refractivity contribution is 14.0. The van der Waals surface area contributed by atoms with E-state index >= 15 is 0 Å². The minimum atomic E-state index is 0. The van der Waals surface area contributed by atoms with E-state index < -0.39 is 0 Å². The van der Waals surface area contributed by atoms with Crippen molar-refractivity contribution in [2.45, 2.75) is 19.3 Å². The molecule has 0 spiro atoms. The summed E-state index contributed by atoms with van der Waals surface area (Å²) >= 11 is 0. The number of anilines is 1. The molecule has 2 aliphatic heterocycles. The maximum absolute atomic E-state index is 11.6. The van der Waals surface area contributed by atoms with Gasteiger partial charge in [0.05, 0.1) is 0 Å². The topological polar surface area (TPSA) is 89.0 Å². The van der Waals surface area contributed by atoms with Crippen LogP contribution in [0.4, 0.5) is 5.95 Å². The number of hydrogen-bond donors (Lipinski definition) is 2. The zero-order chi connectivity index (χ0) is 20.5. The molecule has 3 heterocycles. The zero-order valence-corrected chi connectivity index (χ0v) is 20.4. The Morgan fingerprint density at radius 3 is 2.40 bits per heavy atom. The number of hydrogen-bond acceptors (Lipinski definition) is 6. The zero-order valence-electron chi connectivity index (χ0n) is 18.1. The second kappa shape index (κ2) is 12.9. The second-order valence-corrected chi connectivity index (χ2v) is 7.66. The van der Waals surface area contributed by atoms with E-state index in [-0.39, 0.29) is 29.9 Å². The fourth-order valence-corrected chi connectivity index (χ4v) is 4.00. The summed E-state index contributed by atoms with van der Waals surface area (Å²) in [6.45, 7) is 7.73. The van der Waals surface area contributed by atoms with Gasteiger partial charge in [-0.3, -0.25) is 14.7 Å². The SMILES string of the molecule is CN=C(NCCN1CCN(c2ncccn2)CC1)N1CCC(CC(=O)NC)CC1.I. The standard InChI is InChI=1S/C20H34N8O.HI/c1-21-18(29)16-17-4-9-27(10-5-17)19(22-2)25-8-11-26-12-14-28(15-13-26)20-23-6-3-7-24-20;/h3,6-7,17H,4-5,8-16H2,1-2H3,(H,21,29)(H,22,25);1H. The molecule has 1 aromatic heterocycles. The number of piperidine rings is 1. The molecule has 168 valence electrons. The highest BCUT2D eigenvalue weighted by atomic mass is 127. The van der Waals surface area contributed by atoms with Crippen LogP contribution in [0.3, 0.4) is 0 Å². The van der Waals surface area contributed by atoms with Gasteiger partial charge in [0.15, 0.2) is 5.96 Å². The minimum absolute atomic E-state index is 0.